The van der Waals surface area contributed by atoms with Crippen LogP contribution in [-0.4, -0.2) is 56.9 Å². The summed E-state index contributed by atoms with van der Waals surface area (Å²) in [7, 11) is 0. The van der Waals surface area contributed by atoms with Gasteiger partial charge in [0.25, 0.3) is 0 Å². The molecule has 2 aromatic carbocycles. The first-order valence-corrected chi connectivity index (χ1v) is 11.3. The van der Waals surface area contributed by atoms with E-state index in [0.29, 0.717) is 23.9 Å². The van der Waals surface area contributed by atoms with Crippen LogP contribution in [0.4, 0.5) is 22.1 Å². The van der Waals surface area contributed by atoms with Gasteiger partial charge in [0.2, 0.25) is 5.95 Å². The molecule has 0 bridgehead atoms. The quantitative estimate of drug-likeness (QED) is 0.351. The summed E-state index contributed by atoms with van der Waals surface area (Å²) in [5.74, 6) is 1.31. The highest BCUT2D eigenvalue weighted by Crippen LogP contribution is 2.25. The normalized spacial score (nSPS) is 13.8. The molecule has 1 saturated heterocycles. The number of amides is 1. The fraction of sp³-hybridized carbons (Fsp3) is 0.240. The molecule has 0 spiro atoms. The lowest BCUT2D eigenvalue weighted by atomic mass is 10.1. The number of benzene rings is 2. The third-order valence-corrected chi connectivity index (χ3v) is 5.75. The summed E-state index contributed by atoms with van der Waals surface area (Å²) in [6.45, 7) is 3.99. The smallest absolute Gasteiger partial charge is 0.409 e. The first-order chi connectivity index (χ1) is 16.6. The van der Waals surface area contributed by atoms with E-state index in [9.17, 15) is 4.79 Å². The molecule has 0 atom stereocenters. The number of fused-ring (bicyclic) bond motifs is 1. The molecular weight excluding hydrogens is 432 g/mol. The predicted octanol–water partition coefficient (Wildman–Crippen LogP) is 4.70. The second-order valence-electron chi connectivity index (χ2n) is 8.17. The number of likely N-dealkylation sites (tertiary alicyclic amines) is 1. The van der Waals surface area contributed by atoms with Gasteiger partial charge in [-0.2, -0.15) is 4.98 Å². The summed E-state index contributed by atoms with van der Waals surface area (Å²) < 4.78 is 7.61. The van der Waals surface area contributed by atoms with Gasteiger partial charge in [-0.25, -0.2) is 9.31 Å². The molecule has 1 fully saturated rings. The molecule has 0 saturated carbocycles. The lowest BCUT2D eigenvalue weighted by Crippen LogP contribution is -2.25. The number of carboxylic acid groups (broad SMARTS) is 1. The average Bonchev–Trinajstić information content (AvgIpc) is 3.49. The maximum atomic E-state index is 11.0. The van der Waals surface area contributed by atoms with Crippen LogP contribution in [0.1, 0.15) is 12.8 Å². The molecule has 2 aromatic heterocycles. The Morgan fingerprint density at radius 1 is 1.00 bits per heavy atom. The van der Waals surface area contributed by atoms with Crippen LogP contribution in [-0.2, 0) is 0 Å². The zero-order valence-corrected chi connectivity index (χ0v) is 18.6. The van der Waals surface area contributed by atoms with Crippen LogP contribution in [0.3, 0.4) is 0 Å². The van der Waals surface area contributed by atoms with Crippen molar-refractivity contribution in [2.45, 2.75) is 12.8 Å². The van der Waals surface area contributed by atoms with Gasteiger partial charge in [-0.1, -0.05) is 18.2 Å². The Kier molecular flexibility index (Phi) is 6.26. The molecular formula is C25H26N6O3. The van der Waals surface area contributed by atoms with Gasteiger partial charge in [-0.3, -0.25) is 10.2 Å². The summed E-state index contributed by atoms with van der Waals surface area (Å²) >= 11 is 0. The minimum Gasteiger partial charge on any atom is -0.492 e. The van der Waals surface area contributed by atoms with Crippen LogP contribution < -0.4 is 15.4 Å². The molecule has 3 heterocycles. The lowest BCUT2D eigenvalue weighted by Gasteiger charge is -2.15. The topological polar surface area (TPSA) is 104 Å². The monoisotopic (exact) mass is 458 g/mol. The van der Waals surface area contributed by atoms with Crippen molar-refractivity contribution in [1.82, 2.24) is 19.5 Å². The van der Waals surface area contributed by atoms with Gasteiger partial charge < -0.3 is 15.2 Å². The van der Waals surface area contributed by atoms with Crippen molar-refractivity contribution in [3.8, 4) is 17.0 Å². The molecule has 0 unspecified atom stereocenters. The molecule has 9 heteroatoms. The number of rotatable bonds is 8. The largest absolute Gasteiger partial charge is 0.492 e. The van der Waals surface area contributed by atoms with Crippen LogP contribution in [0, 0.1) is 0 Å². The molecule has 3 N–H and O–H groups in total. The van der Waals surface area contributed by atoms with Gasteiger partial charge in [0, 0.05) is 23.5 Å². The van der Waals surface area contributed by atoms with E-state index in [1.165, 1.54) is 25.9 Å². The van der Waals surface area contributed by atoms with Crippen LogP contribution >= 0.6 is 0 Å². The fourth-order valence-corrected chi connectivity index (χ4v) is 4.12. The molecule has 4 aromatic rings. The summed E-state index contributed by atoms with van der Waals surface area (Å²) in [5.41, 5.74) is 3.65. The number of ether oxygens (including phenoxy) is 1. The summed E-state index contributed by atoms with van der Waals surface area (Å²) in [5, 5.41) is 19.2. The van der Waals surface area contributed by atoms with Crippen LogP contribution in [0.2, 0.25) is 0 Å². The van der Waals surface area contributed by atoms with Crippen LogP contribution in [0.15, 0.2) is 66.7 Å². The minimum atomic E-state index is -1.11. The number of pyridine rings is 1. The van der Waals surface area contributed by atoms with E-state index in [4.69, 9.17) is 9.84 Å². The SMILES string of the molecule is O=C(O)Nc1cccc(-c2cccc3nc(Nc4ccc(OCCN5CCCC5)cc4)nn23)c1. The maximum Gasteiger partial charge on any atom is 0.409 e. The molecule has 1 aliphatic heterocycles. The van der Waals surface area contributed by atoms with E-state index >= 15 is 0 Å². The highest BCUT2D eigenvalue weighted by Gasteiger charge is 2.12. The van der Waals surface area contributed by atoms with Crippen molar-refractivity contribution in [1.29, 1.82) is 0 Å². The van der Waals surface area contributed by atoms with Crippen LogP contribution in [0.5, 0.6) is 5.75 Å². The average molecular weight is 459 g/mol. The van der Waals surface area contributed by atoms with Crippen molar-refractivity contribution in [3.05, 3.63) is 66.7 Å². The van der Waals surface area contributed by atoms with E-state index in [0.717, 1.165) is 29.2 Å². The first kappa shape index (κ1) is 21.7. The van der Waals surface area contributed by atoms with E-state index in [-0.39, 0.29) is 0 Å². The Bertz CT molecular complexity index is 1280. The van der Waals surface area contributed by atoms with Gasteiger partial charge in [0.15, 0.2) is 5.65 Å². The molecule has 0 radical (unpaired) electrons. The molecule has 34 heavy (non-hydrogen) atoms. The molecule has 1 aliphatic rings. The molecule has 9 nitrogen and oxygen atoms in total. The number of nitrogens with zero attached hydrogens (tertiary/aromatic N) is 4. The first-order valence-electron chi connectivity index (χ1n) is 11.3. The summed E-state index contributed by atoms with van der Waals surface area (Å²) in [4.78, 5) is 18.0. The van der Waals surface area contributed by atoms with Crippen molar-refractivity contribution in [2.24, 2.45) is 0 Å². The molecule has 5 rings (SSSR count). The molecule has 174 valence electrons. The predicted molar refractivity (Wildman–Crippen MR) is 131 cm³/mol. The van der Waals surface area contributed by atoms with E-state index in [2.05, 4.69) is 25.6 Å². The Balaban J connectivity index is 1.28. The second kappa shape index (κ2) is 9.80. The zero-order chi connectivity index (χ0) is 23.3. The number of hydrogen-bond donors (Lipinski definition) is 3. The van der Waals surface area contributed by atoms with Gasteiger partial charge in [-0.15, -0.1) is 5.10 Å². The Morgan fingerprint density at radius 3 is 2.59 bits per heavy atom. The highest BCUT2D eigenvalue weighted by atomic mass is 16.5. The number of nitrogens with one attached hydrogen (secondary N) is 2. The van der Waals surface area contributed by atoms with Crippen LogP contribution in [0.25, 0.3) is 16.9 Å². The Labute approximate surface area is 197 Å². The number of carbonyl (C=O) groups is 1. The van der Waals surface area contributed by atoms with Crippen molar-refractivity contribution < 1.29 is 14.6 Å². The number of anilines is 3. The maximum absolute atomic E-state index is 11.0. The summed E-state index contributed by atoms with van der Waals surface area (Å²) in [6, 6.07) is 20.6. The van der Waals surface area contributed by atoms with Gasteiger partial charge in [0.1, 0.15) is 12.4 Å². The Hall–Kier alpha value is -4.11. The van der Waals surface area contributed by atoms with E-state index in [1.54, 1.807) is 22.7 Å². The van der Waals surface area contributed by atoms with Crippen molar-refractivity contribution >= 4 is 29.1 Å². The lowest BCUT2D eigenvalue weighted by molar-refractivity contribution is 0.209. The number of hydrogen-bond acceptors (Lipinski definition) is 6. The zero-order valence-electron chi connectivity index (χ0n) is 18.6. The summed E-state index contributed by atoms with van der Waals surface area (Å²) in [6.07, 6.45) is 1.46. The minimum absolute atomic E-state index is 0.468. The molecule has 0 aliphatic carbocycles. The van der Waals surface area contributed by atoms with Gasteiger partial charge >= 0.3 is 6.09 Å². The number of aromatic nitrogens is 3. The van der Waals surface area contributed by atoms with E-state index in [1.807, 2.05) is 48.5 Å². The second-order valence-corrected chi connectivity index (χ2v) is 8.17. The Morgan fingerprint density at radius 2 is 1.79 bits per heavy atom. The standard InChI is InChI=1S/C25H26N6O3/c32-25(33)27-20-6-3-5-18(17-20)22-7-4-8-23-28-24(29-31(22)23)26-19-9-11-21(12-10-19)34-16-15-30-13-1-2-14-30/h3-12,17,27H,1-2,13-16H2,(H,26,29)(H,32,33). The van der Waals surface area contributed by atoms with Gasteiger partial charge in [0.05, 0.1) is 5.69 Å². The van der Waals surface area contributed by atoms with Crippen molar-refractivity contribution in [2.75, 3.05) is 36.9 Å². The molecule has 1 amide bonds. The van der Waals surface area contributed by atoms with Gasteiger partial charge in [-0.05, 0) is 74.5 Å². The third kappa shape index (κ3) is 5.10. The van der Waals surface area contributed by atoms with Crippen molar-refractivity contribution in [3.63, 3.8) is 0 Å². The van der Waals surface area contributed by atoms with E-state index < -0.39 is 6.09 Å². The highest BCUT2D eigenvalue weighted by molar-refractivity contribution is 5.84. The third-order valence-electron chi connectivity index (χ3n) is 5.75. The fourth-order valence-electron chi connectivity index (χ4n) is 4.12.